The van der Waals surface area contributed by atoms with Crippen LogP contribution in [0.2, 0.25) is 0 Å². The van der Waals surface area contributed by atoms with Crippen LogP contribution in [0.4, 0.5) is 0 Å². The quantitative estimate of drug-likeness (QED) is 0.637. The van der Waals surface area contributed by atoms with Crippen LogP contribution < -0.4 is 15.6 Å². The van der Waals surface area contributed by atoms with Gasteiger partial charge in [0.15, 0.2) is 0 Å². The van der Waals surface area contributed by atoms with Crippen LogP contribution in [0.1, 0.15) is 11.1 Å². The number of rotatable bonds is 7. The van der Waals surface area contributed by atoms with E-state index in [1.165, 1.54) is 6.07 Å². The SMILES string of the molecule is Cc1cc(C)cc(OCCNC(=O)Cn2nc(-c3ccncc3)ccc2=O)c1. The van der Waals surface area contributed by atoms with Crippen molar-refractivity contribution in [1.82, 2.24) is 20.1 Å². The largest absolute Gasteiger partial charge is 0.492 e. The average molecular weight is 378 g/mol. The molecule has 1 amide bonds. The second kappa shape index (κ2) is 8.94. The second-order valence-corrected chi connectivity index (χ2v) is 6.47. The molecular weight excluding hydrogens is 356 g/mol. The Morgan fingerprint density at radius 2 is 1.79 bits per heavy atom. The van der Waals surface area contributed by atoms with Gasteiger partial charge in [-0.3, -0.25) is 14.6 Å². The molecule has 1 aromatic carbocycles. The monoisotopic (exact) mass is 378 g/mol. The molecule has 0 unspecified atom stereocenters. The predicted molar refractivity (Wildman–Crippen MR) is 106 cm³/mol. The van der Waals surface area contributed by atoms with Crippen molar-refractivity contribution >= 4 is 5.91 Å². The third-order valence-electron chi connectivity index (χ3n) is 4.02. The molecule has 0 aliphatic carbocycles. The maximum Gasteiger partial charge on any atom is 0.267 e. The minimum atomic E-state index is -0.334. The minimum absolute atomic E-state index is 0.151. The number of aryl methyl sites for hydroxylation is 2. The number of carbonyl (C=O) groups excluding carboxylic acids is 1. The van der Waals surface area contributed by atoms with Crippen molar-refractivity contribution in [3.8, 4) is 17.0 Å². The van der Waals surface area contributed by atoms with Gasteiger partial charge in [0.2, 0.25) is 5.91 Å². The predicted octanol–water partition coefficient (Wildman–Crippen LogP) is 2.12. The molecule has 144 valence electrons. The number of carbonyl (C=O) groups is 1. The minimum Gasteiger partial charge on any atom is -0.492 e. The zero-order chi connectivity index (χ0) is 19.9. The van der Waals surface area contributed by atoms with Gasteiger partial charge in [0.05, 0.1) is 12.2 Å². The van der Waals surface area contributed by atoms with Crippen LogP contribution in [-0.4, -0.2) is 33.8 Å². The van der Waals surface area contributed by atoms with Gasteiger partial charge in [-0.05, 0) is 55.3 Å². The maximum absolute atomic E-state index is 12.2. The molecule has 0 saturated carbocycles. The number of aromatic nitrogens is 3. The highest BCUT2D eigenvalue weighted by molar-refractivity contribution is 5.75. The van der Waals surface area contributed by atoms with Gasteiger partial charge in [-0.1, -0.05) is 6.07 Å². The van der Waals surface area contributed by atoms with E-state index >= 15 is 0 Å². The summed E-state index contributed by atoms with van der Waals surface area (Å²) >= 11 is 0. The summed E-state index contributed by atoms with van der Waals surface area (Å²) in [6.45, 7) is 4.54. The maximum atomic E-state index is 12.2. The summed E-state index contributed by atoms with van der Waals surface area (Å²) in [5, 5.41) is 7.01. The molecule has 0 spiro atoms. The summed E-state index contributed by atoms with van der Waals surface area (Å²) in [5.74, 6) is 0.472. The summed E-state index contributed by atoms with van der Waals surface area (Å²) in [4.78, 5) is 28.1. The summed E-state index contributed by atoms with van der Waals surface area (Å²) in [6, 6.07) is 12.6. The first-order valence-corrected chi connectivity index (χ1v) is 8.97. The van der Waals surface area contributed by atoms with Gasteiger partial charge in [0.1, 0.15) is 18.9 Å². The standard InChI is InChI=1S/C21H22N4O3/c1-15-11-16(2)13-18(12-15)28-10-9-23-20(26)14-25-21(27)4-3-19(24-25)17-5-7-22-8-6-17/h3-8,11-13H,9-10,14H2,1-2H3,(H,23,26). The molecule has 7 heteroatoms. The molecule has 0 aliphatic heterocycles. The van der Waals surface area contributed by atoms with Crippen molar-refractivity contribution < 1.29 is 9.53 Å². The first-order chi connectivity index (χ1) is 13.5. The van der Waals surface area contributed by atoms with Gasteiger partial charge in [0.25, 0.3) is 5.56 Å². The average Bonchev–Trinajstić information content (AvgIpc) is 2.67. The van der Waals surface area contributed by atoms with Crippen LogP contribution in [0.15, 0.2) is 59.7 Å². The van der Waals surface area contributed by atoms with Crippen molar-refractivity contribution in [2.45, 2.75) is 20.4 Å². The van der Waals surface area contributed by atoms with Crippen LogP contribution >= 0.6 is 0 Å². The zero-order valence-electron chi connectivity index (χ0n) is 15.9. The Morgan fingerprint density at radius 3 is 2.50 bits per heavy atom. The van der Waals surface area contributed by atoms with Gasteiger partial charge >= 0.3 is 0 Å². The highest BCUT2D eigenvalue weighted by Crippen LogP contribution is 2.16. The Balaban J connectivity index is 1.54. The molecular formula is C21H22N4O3. The highest BCUT2D eigenvalue weighted by atomic mass is 16.5. The lowest BCUT2D eigenvalue weighted by Gasteiger charge is -2.10. The summed E-state index contributed by atoms with van der Waals surface area (Å²) < 4.78 is 6.81. The van der Waals surface area contributed by atoms with Crippen LogP contribution in [0.3, 0.4) is 0 Å². The van der Waals surface area contributed by atoms with Gasteiger partial charge < -0.3 is 10.1 Å². The highest BCUT2D eigenvalue weighted by Gasteiger charge is 2.08. The molecule has 7 nitrogen and oxygen atoms in total. The molecule has 3 aromatic rings. The molecule has 2 aromatic heterocycles. The van der Waals surface area contributed by atoms with Crippen molar-refractivity contribution in [2.75, 3.05) is 13.2 Å². The molecule has 28 heavy (non-hydrogen) atoms. The van der Waals surface area contributed by atoms with Crippen LogP contribution in [0, 0.1) is 13.8 Å². The topological polar surface area (TPSA) is 86.1 Å². The van der Waals surface area contributed by atoms with Crippen LogP contribution in [-0.2, 0) is 11.3 Å². The van der Waals surface area contributed by atoms with E-state index in [-0.39, 0.29) is 18.0 Å². The van der Waals surface area contributed by atoms with Gasteiger partial charge in [-0.25, -0.2) is 4.68 Å². The number of amides is 1. The number of hydrogen-bond acceptors (Lipinski definition) is 5. The number of nitrogens with zero attached hydrogens (tertiary/aromatic N) is 3. The van der Waals surface area contributed by atoms with E-state index in [9.17, 15) is 9.59 Å². The van der Waals surface area contributed by atoms with E-state index in [0.29, 0.717) is 18.8 Å². The normalized spacial score (nSPS) is 10.5. The Hall–Kier alpha value is -3.48. The van der Waals surface area contributed by atoms with E-state index in [1.54, 1.807) is 30.6 Å². The summed E-state index contributed by atoms with van der Waals surface area (Å²) in [5.41, 5.74) is 3.34. The number of hydrogen-bond donors (Lipinski definition) is 1. The Labute approximate surface area is 163 Å². The van der Waals surface area contributed by atoms with Gasteiger partial charge in [-0.2, -0.15) is 5.10 Å². The van der Waals surface area contributed by atoms with Gasteiger partial charge in [-0.15, -0.1) is 0 Å². The number of nitrogens with one attached hydrogen (secondary N) is 1. The fourth-order valence-electron chi connectivity index (χ4n) is 2.81. The van der Waals surface area contributed by atoms with E-state index < -0.39 is 0 Å². The number of pyridine rings is 1. The first-order valence-electron chi connectivity index (χ1n) is 8.97. The molecule has 2 heterocycles. The lowest BCUT2D eigenvalue weighted by Crippen LogP contribution is -2.35. The molecule has 0 aliphatic rings. The molecule has 0 fully saturated rings. The van der Waals surface area contributed by atoms with Crippen molar-refractivity contribution in [3.05, 3.63) is 76.3 Å². The van der Waals surface area contributed by atoms with E-state index in [2.05, 4.69) is 21.5 Å². The molecule has 1 N–H and O–H groups in total. The van der Waals surface area contributed by atoms with E-state index in [0.717, 1.165) is 27.1 Å². The third-order valence-corrected chi connectivity index (χ3v) is 4.02. The Morgan fingerprint density at radius 1 is 1.07 bits per heavy atom. The molecule has 0 atom stereocenters. The van der Waals surface area contributed by atoms with Crippen LogP contribution in [0.25, 0.3) is 11.3 Å². The molecule has 0 saturated heterocycles. The Kier molecular flexibility index (Phi) is 6.16. The smallest absolute Gasteiger partial charge is 0.267 e. The summed E-state index contributed by atoms with van der Waals surface area (Å²) in [7, 11) is 0. The lowest BCUT2D eigenvalue weighted by atomic mass is 10.1. The number of benzene rings is 1. The molecule has 0 radical (unpaired) electrons. The lowest BCUT2D eigenvalue weighted by molar-refractivity contribution is -0.122. The second-order valence-electron chi connectivity index (χ2n) is 6.47. The van der Waals surface area contributed by atoms with Crippen molar-refractivity contribution in [2.24, 2.45) is 0 Å². The molecule has 0 bridgehead atoms. The summed E-state index contributed by atoms with van der Waals surface area (Å²) in [6.07, 6.45) is 3.30. The first kappa shape index (κ1) is 19.3. The fraction of sp³-hybridized carbons (Fsp3) is 0.238. The molecule has 3 rings (SSSR count). The van der Waals surface area contributed by atoms with Crippen molar-refractivity contribution in [1.29, 1.82) is 0 Å². The number of ether oxygens (including phenoxy) is 1. The van der Waals surface area contributed by atoms with E-state index in [4.69, 9.17) is 4.74 Å². The Bertz CT molecular complexity index is 995. The van der Waals surface area contributed by atoms with Crippen LogP contribution in [0.5, 0.6) is 5.75 Å². The zero-order valence-corrected chi connectivity index (χ0v) is 15.9. The third kappa shape index (κ3) is 5.26. The fourth-order valence-corrected chi connectivity index (χ4v) is 2.81. The van der Waals surface area contributed by atoms with E-state index in [1.807, 2.05) is 26.0 Å². The van der Waals surface area contributed by atoms with Crippen molar-refractivity contribution in [3.63, 3.8) is 0 Å². The van der Waals surface area contributed by atoms with Gasteiger partial charge in [0, 0.05) is 24.0 Å².